The number of fused-ring (bicyclic) bond motifs is 4. The standard InChI is InChI=1S/C20H20N4/c21-13-16-14-7-6-8-15(14)20(23-11-4-1-5-12-23)24-18-10-3-2-9-17(18)22-19(16)24/h2-3,9-10H,1,4-8,11-12H2. The van der Waals surface area contributed by atoms with Gasteiger partial charge in [0.25, 0.3) is 0 Å². The molecule has 0 N–H and O–H groups in total. The molecule has 1 fully saturated rings. The number of hydrogen-bond acceptors (Lipinski definition) is 3. The summed E-state index contributed by atoms with van der Waals surface area (Å²) in [5.74, 6) is 1.31. The highest BCUT2D eigenvalue weighted by molar-refractivity contribution is 5.86. The van der Waals surface area contributed by atoms with E-state index in [-0.39, 0.29) is 0 Å². The molecule has 120 valence electrons. The van der Waals surface area contributed by atoms with Crippen LogP contribution >= 0.6 is 0 Å². The van der Waals surface area contributed by atoms with Crippen LogP contribution < -0.4 is 4.90 Å². The molecule has 1 saturated heterocycles. The summed E-state index contributed by atoms with van der Waals surface area (Å²) in [5.41, 5.74) is 6.39. The molecule has 0 saturated carbocycles. The van der Waals surface area contributed by atoms with Crippen LogP contribution in [0.1, 0.15) is 42.4 Å². The van der Waals surface area contributed by atoms with Crippen LogP contribution in [0.5, 0.6) is 0 Å². The molecule has 1 aliphatic carbocycles. The van der Waals surface area contributed by atoms with Gasteiger partial charge in [0.2, 0.25) is 0 Å². The number of imidazole rings is 1. The number of anilines is 1. The molecule has 0 amide bonds. The summed E-state index contributed by atoms with van der Waals surface area (Å²) in [6, 6.07) is 10.7. The Morgan fingerprint density at radius 3 is 2.58 bits per heavy atom. The average Bonchev–Trinajstić information content (AvgIpc) is 3.25. The fourth-order valence-electron chi connectivity index (χ4n) is 4.50. The minimum absolute atomic E-state index is 0.791. The molecular weight excluding hydrogens is 296 g/mol. The summed E-state index contributed by atoms with van der Waals surface area (Å²) >= 11 is 0. The Morgan fingerprint density at radius 1 is 0.958 bits per heavy atom. The van der Waals surface area contributed by atoms with Crippen molar-refractivity contribution in [2.24, 2.45) is 0 Å². The normalized spacial score (nSPS) is 17.4. The molecule has 3 heterocycles. The molecular formula is C20H20N4. The van der Waals surface area contributed by atoms with Crippen molar-refractivity contribution >= 4 is 22.5 Å². The van der Waals surface area contributed by atoms with E-state index >= 15 is 0 Å². The second kappa shape index (κ2) is 5.24. The zero-order valence-corrected chi connectivity index (χ0v) is 13.8. The first-order valence-electron chi connectivity index (χ1n) is 8.98. The van der Waals surface area contributed by atoms with Crippen LogP contribution in [0.3, 0.4) is 0 Å². The first kappa shape index (κ1) is 13.9. The van der Waals surface area contributed by atoms with Crippen molar-refractivity contribution in [3.05, 3.63) is 41.0 Å². The topological polar surface area (TPSA) is 44.3 Å². The Hall–Kier alpha value is -2.54. The summed E-state index contributed by atoms with van der Waals surface area (Å²) in [5, 5.41) is 9.81. The van der Waals surface area contributed by atoms with Gasteiger partial charge < -0.3 is 4.90 Å². The molecule has 0 bridgehead atoms. The van der Waals surface area contributed by atoms with Crippen LogP contribution in [0.15, 0.2) is 24.3 Å². The second-order valence-corrected chi connectivity index (χ2v) is 6.93. The Labute approximate surface area is 141 Å². The Bertz CT molecular complexity index is 986. The minimum Gasteiger partial charge on any atom is -0.357 e. The van der Waals surface area contributed by atoms with Gasteiger partial charge >= 0.3 is 0 Å². The van der Waals surface area contributed by atoms with Crippen LogP contribution in [0.25, 0.3) is 16.7 Å². The monoisotopic (exact) mass is 316 g/mol. The van der Waals surface area contributed by atoms with Crippen molar-refractivity contribution in [1.29, 1.82) is 5.26 Å². The number of hydrogen-bond donors (Lipinski definition) is 0. The van der Waals surface area contributed by atoms with Gasteiger partial charge in [-0.2, -0.15) is 5.26 Å². The fraction of sp³-hybridized carbons (Fsp3) is 0.400. The summed E-state index contributed by atoms with van der Waals surface area (Å²) in [6.45, 7) is 2.22. The fourth-order valence-corrected chi connectivity index (χ4v) is 4.50. The van der Waals surface area contributed by atoms with E-state index in [9.17, 15) is 5.26 Å². The first-order chi connectivity index (χ1) is 11.9. The SMILES string of the molecule is N#Cc1c2c(c(N3CCCCC3)n3c1nc1ccccc13)CCC2. The number of pyridine rings is 1. The molecule has 0 atom stereocenters. The van der Waals surface area contributed by atoms with E-state index < -0.39 is 0 Å². The van der Waals surface area contributed by atoms with E-state index in [1.165, 1.54) is 36.2 Å². The Morgan fingerprint density at radius 2 is 1.75 bits per heavy atom. The maximum Gasteiger partial charge on any atom is 0.157 e. The molecule has 3 aromatic rings. The molecule has 0 spiro atoms. The van der Waals surface area contributed by atoms with Crippen LogP contribution in [0, 0.1) is 11.3 Å². The van der Waals surface area contributed by atoms with Gasteiger partial charge in [-0.3, -0.25) is 4.40 Å². The lowest BCUT2D eigenvalue weighted by Gasteiger charge is -2.31. The van der Waals surface area contributed by atoms with E-state index in [4.69, 9.17) is 4.98 Å². The van der Waals surface area contributed by atoms with E-state index in [0.29, 0.717) is 0 Å². The van der Waals surface area contributed by atoms with Gasteiger partial charge in [0.1, 0.15) is 11.9 Å². The molecule has 0 radical (unpaired) electrons. The summed E-state index contributed by atoms with van der Waals surface area (Å²) < 4.78 is 2.27. The predicted octanol–water partition coefficient (Wildman–Crippen LogP) is 3.84. The van der Waals surface area contributed by atoms with Crippen molar-refractivity contribution in [1.82, 2.24) is 9.38 Å². The minimum atomic E-state index is 0.791. The van der Waals surface area contributed by atoms with E-state index in [1.54, 1.807) is 0 Å². The summed E-state index contributed by atoms with van der Waals surface area (Å²) in [6.07, 6.45) is 7.07. The third kappa shape index (κ3) is 1.81. The maximum absolute atomic E-state index is 9.81. The van der Waals surface area contributed by atoms with Crippen LogP contribution in [0.4, 0.5) is 5.82 Å². The van der Waals surface area contributed by atoms with Crippen LogP contribution in [-0.2, 0) is 12.8 Å². The molecule has 4 heteroatoms. The second-order valence-electron chi connectivity index (χ2n) is 6.93. The number of aromatic nitrogens is 2. The van der Waals surface area contributed by atoms with Crippen molar-refractivity contribution < 1.29 is 0 Å². The third-order valence-electron chi connectivity index (χ3n) is 5.55. The number of nitriles is 1. The van der Waals surface area contributed by atoms with Crippen LogP contribution in [-0.4, -0.2) is 22.5 Å². The highest BCUT2D eigenvalue weighted by Crippen LogP contribution is 2.38. The van der Waals surface area contributed by atoms with Crippen molar-refractivity contribution in [3.8, 4) is 6.07 Å². The van der Waals surface area contributed by atoms with Gasteiger partial charge in [-0.1, -0.05) is 12.1 Å². The largest absolute Gasteiger partial charge is 0.357 e. The number of rotatable bonds is 1. The van der Waals surface area contributed by atoms with Gasteiger partial charge in [0.05, 0.1) is 16.6 Å². The third-order valence-corrected chi connectivity index (χ3v) is 5.55. The molecule has 2 aliphatic rings. The predicted molar refractivity (Wildman–Crippen MR) is 95.5 cm³/mol. The smallest absolute Gasteiger partial charge is 0.157 e. The highest BCUT2D eigenvalue weighted by atomic mass is 15.2. The Balaban J connectivity index is 1.93. The zero-order chi connectivity index (χ0) is 16.1. The molecule has 0 unspecified atom stereocenters. The van der Waals surface area contributed by atoms with Gasteiger partial charge in [-0.05, 0) is 61.8 Å². The lowest BCUT2D eigenvalue weighted by Crippen LogP contribution is -2.32. The molecule has 5 rings (SSSR count). The lowest BCUT2D eigenvalue weighted by atomic mass is 10.0. The average molecular weight is 316 g/mol. The summed E-state index contributed by atoms with van der Waals surface area (Å²) in [4.78, 5) is 7.37. The summed E-state index contributed by atoms with van der Waals surface area (Å²) in [7, 11) is 0. The maximum atomic E-state index is 9.81. The van der Waals surface area contributed by atoms with E-state index in [2.05, 4.69) is 33.6 Å². The first-order valence-corrected chi connectivity index (χ1v) is 8.98. The lowest BCUT2D eigenvalue weighted by molar-refractivity contribution is 0.570. The van der Waals surface area contributed by atoms with E-state index in [0.717, 1.165) is 54.6 Å². The van der Waals surface area contributed by atoms with Crippen molar-refractivity contribution in [3.63, 3.8) is 0 Å². The van der Waals surface area contributed by atoms with Crippen molar-refractivity contribution in [2.45, 2.75) is 38.5 Å². The zero-order valence-electron chi connectivity index (χ0n) is 13.8. The van der Waals surface area contributed by atoms with E-state index in [1.807, 2.05) is 6.07 Å². The number of benzene rings is 1. The quantitative estimate of drug-likeness (QED) is 0.685. The highest BCUT2D eigenvalue weighted by Gasteiger charge is 2.28. The van der Waals surface area contributed by atoms with Gasteiger partial charge in [0, 0.05) is 13.1 Å². The van der Waals surface area contributed by atoms with Gasteiger partial charge in [0.15, 0.2) is 5.65 Å². The Kier molecular flexibility index (Phi) is 3.02. The van der Waals surface area contributed by atoms with Crippen molar-refractivity contribution in [2.75, 3.05) is 18.0 Å². The molecule has 4 nitrogen and oxygen atoms in total. The molecule has 24 heavy (non-hydrogen) atoms. The van der Waals surface area contributed by atoms with Crippen LogP contribution in [0.2, 0.25) is 0 Å². The van der Waals surface area contributed by atoms with Gasteiger partial charge in [-0.25, -0.2) is 4.98 Å². The number of para-hydroxylation sites is 2. The number of piperidine rings is 1. The molecule has 1 aromatic carbocycles. The molecule has 2 aromatic heterocycles. The number of nitrogens with zero attached hydrogens (tertiary/aromatic N) is 4. The molecule has 1 aliphatic heterocycles. The van der Waals surface area contributed by atoms with Gasteiger partial charge in [-0.15, -0.1) is 0 Å².